The van der Waals surface area contributed by atoms with Crippen LogP contribution in [0.5, 0.6) is 5.75 Å². The fourth-order valence-corrected chi connectivity index (χ4v) is 5.01. The molecule has 11 nitrogen and oxygen atoms in total. The van der Waals surface area contributed by atoms with Crippen molar-refractivity contribution in [3.8, 4) is 5.75 Å². The molecule has 4 rings (SSSR count). The van der Waals surface area contributed by atoms with Crippen LogP contribution < -0.4 is 0 Å². The third-order valence-corrected chi connectivity index (χ3v) is 7.04. The van der Waals surface area contributed by atoms with Crippen molar-refractivity contribution in [1.82, 2.24) is 0 Å². The third kappa shape index (κ3) is 5.03. The summed E-state index contributed by atoms with van der Waals surface area (Å²) < 4.78 is 22.5. The maximum absolute atomic E-state index is 12.5. The van der Waals surface area contributed by atoms with E-state index in [1.807, 2.05) is 6.92 Å². The molecule has 1 aliphatic carbocycles. The maximum atomic E-state index is 12.5. The van der Waals surface area contributed by atoms with Crippen LogP contribution in [0.15, 0.2) is 42.2 Å². The highest BCUT2D eigenvalue weighted by molar-refractivity contribution is 5.87. The molecule has 11 heteroatoms. The first-order valence-electron chi connectivity index (χ1n) is 11.7. The number of carbonyl (C=O) groups excluding carboxylic acids is 2. The monoisotopic (exact) mass is 506 g/mol. The van der Waals surface area contributed by atoms with Gasteiger partial charge >= 0.3 is 5.97 Å². The van der Waals surface area contributed by atoms with Crippen LogP contribution in [-0.2, 0) is 28.5 Å². The van der Waals surface area contributed by atoms with E-state index in [0.717, 1.165) is 12.3 Å². The molecule has 1 saturated carbocycles. The summed E-state index contributed by atoms with van der Waals surface area (Å²) in [6.07, 6.45) is -3.51. The Morgan fingerprint density at radius 2 is 1.92 bits per heavy atom. The molecule has 1 aromatic rings. The summed E-state index contributed by atoms with van der Waals surface area (Å²) in [5, 5.41) is 51.2. The van der Waals surface area contributed by atoms with Crippen LogP contribution in [0.4, 0.5) is 0 Å². The number of aliphatic hydroxyl groups excluding tert-OH is 3. The van der Waals surface area contributed by atoms with Gasteiger partial charge in [0, 0.05) is 6.08 Å². The largest absolute Gasteiger partial charge is 0.508 e. The van der Waals surface area contributed by atoms with Crippen molar-refractivity contribution in [1.29, 1.82) is 0 Å². The number of aliphatic hydroxyl groups is 4. The topological polar surface area (TPSA) is 172 Å². The van der Waals surface area contributed by atoms with Crippen molar-refractivity contribution >= 4 is 18.3 Å². The zero-order valence-corrected chi connectivity index (χ0v) is 19.5. The van der Waals surface area contributed by atoms with Gasteiger partial charge in [0.2, 0.25) is 12.6 Å². The average molecular weight is 507 g/mol. The molecule has 0 amide bonds. The Morgan fingerprint density at radius 3 is 2.58 bits per heavy atom. The van der Waals surface area contributed by atoms with E-state index < -0.39 is 61.1 Å². The molecule has 0 radical (unpaired) electrons. The second kappa shape index (κ2) is 10.7. The van der Waals surface area contributed by atoms with E-state index in [1.165, 1.54) is 18.2 Å². The number of phenols is 1. The molecule has 0 aromatic heterocycles. The van der Waals surface area contributed by atoms with Crippen LogP contribution >= 0.6 is 0 Å². The molecule has 9 unspecified atom stereocenters. The van der Waals surface area contributed by atoms with Gasteiger partial charge < -0.3 is 44.5 Å². The number of aromatic hydroxyl groups is 1. The van der Waals surface area contributed by atoms with Crippen molar-refractivity contribution in [2.75, 3.05) is 6.61 Å². The molecule has 2 aliphatic heterocycles. The molecule has 5 N–H and O–H groups in total. The maximum Gasteiger partial charge on any atom is 0.331 e. The summed E-state index contributed by atoms with van der Waals surface area (Å²) in [5.41, 5.74) is -0.791. The summed E-state index contributed by atoms with van der Waals surface area (Å²) in [4.78, 5) is 24.0. The number of phenolic OH excluding ortho intramolecular Hbond substituents is 1. The van der Waals surface area contributed by atoms with Crippen molar-refractivity contribution in [3.05, 3.63) is 47.7 Å². The first-order chi connectivity index (χ1) is 17.2. The van der Waals surface area contributed by atoms with E-state index in [0.29, 0.717) is 24.7 Å². The van der Waals surface area contributed by atoms with Crippen LogP contribution in [0.2, 0.25) is 0 Å². The van der Waals surface area contributed by atoms with Crippen LogP contribution in [0, 0.1) is 11.8 Å². The van der Waals surface area contributed by atoms with Gasteiger partial charge in [-0.1, -0.05) is 19.1 Å². The fourth-order valence-electron chi connectivity index (χ4n) is 5.01. The molecule has 2 heterocycles. The van der Waals surface area contributed by atoms with Gasteiger partial charge in [0.15, 0.2) is 12.4 Å². The minimum atomic E-state index is -1.67. The smallest absolute Gasteiger partial charge is 0.331 e. The Morgan fingerprint density at radius 1 is 1.19 bits per heavy atom. The number of ether oxygens (including phenoxy) is 4. The summed E-state index contributed by atoms with van der Waals surface area (Å²) in [6.45, 7) is 1.22. The van der Waals surface area contributed by atoms with E-state index in [-0.39, 0.29) is 17.2 Å². The number of benzene rings is 1. The van der Waals surface area contributed by atoms with E-state index in [9.17, 15) is 35.1 Å². The van der Waals surface area contributed by atoms with Crippen molar-refractivity contribution in [2.45, 2.75) is 62.4 Å². The van der Waals surface area contributed by atoms with Crippen LogP contribution in [0.25, 0.3) is 6.08 Å². The van der Waals surface area contributed by atoms with Gasteiger partial charge in [0.1, 0.15) is 29.7 Å². The standard InChI is InChI=1S/C25H30O11/c1-13-8-9-25(32)15(10-26)12-33-23(19(13)25)36-24-22(21(31)20(30)17(11-27)34-24)35-18(29)7-4-14-2-5-16(28)6-3-14/h2-7,10,12-13,17,19-24,27-28,30-32H,8-9,11H2,1H3. The molecule has 1 saturated heterocycles. The number of fused-ring (bicyclic) bond motifs is 1. The van der Waals surface area contributed by atoms with E-state index in [1.54, 1.807) is 12.1 Å². The van der Waals surface area contributed by atoms with E-state index in [2.05, 4.69) is 0 Å². The van der Waals surface area contributed by atoms with Gasteiger partial charge in [-0.2, -0.15) is 0 Å². The van der Waals surface area contributed by atoms with Crippen LogP contribution in [-0.4, -0.2) is 87.0 Å². The molecular weight excluding hydrogens is 476 g/mol. The summed E-state index contributed by atoms with van der Waals surface area (Å²) >= 11 is 0. The summed E-state index contributed by atoms with van der Waals surface area (Å²) in [6, 6.07) is 6.03. The minimum absolute atomic E-state index is 0.0631. The second-order valence-corrected chi connectivity index (χ2v) is 9.33. The number of carbonyl (C=O) groups is 2. The van der Waals surface area contributed by atoms with Crippen LogP contribution in [0.1, 0.15) is 25.3 Å². The molecule has 0 bridgehead atoms. The molecule has 0 spiro atoms. The van der Waals surface area contributed by atoms with Crippen molar-refractivity contribution in [3.63, 3.8) is 0 Å². The quantitative estimate of drug-likeness (QED) is 0.191. The van der Waals surface area contributed by atoms with Gasteiger partial charge in [-0.3, -0.25) is 4.79 Å². The predicted molar refractivity (Wildman–Crippen MR) is 122 cm³/mol. The van der Waals surface area contributed by atoms with Gasteiger partial charge in [-0.05, 0) is 42.5 Å². The molecule has 36 heavy (non-hydrogen) atoms. The van der Waals surface area contributed by atoms with Gasteiger partial charge in [0.25, 0.3) is 0 Å². The Labute approximate surface area is 207 Å². The highest BCUT2D eigenvalue weighted by Gasteiger charge is 2.57. The Hall–Kier alpha value is -2.80. The number of hydrogen-bond acceptors (Lipinski definition) is 11. The zero-order chi connectivity index (χ0) is 26.0. The molecule has 3 aliphatic rings. The predicted octanol–water partition coefficient (Wildman–Crippen LogP) is -0.0109. The summed E-state index contributed by atoms with van der Waals surface area (Å²) in [5.74, 6) is -1.58. The van der Waals surface area contributed by atoms with Gasteiger partial charge in [-0.25, -0.2) is 4.79 Å². The summed E-state index contributed by atoms with van der Waals surface area (Å²) in [7, 11) is 0. The minimum Gasteiger partial charge on any atom is -0.508 e. The Balaban J connectivity index is 1.54. The molecule has 2 fully saturated rings. The first kappa shape index (κ1) is 26.3. The number of esters is 1. The SMILES string of the molecule is CC1CCC2(O)C(C=O)=COC(OC3OC(CO)C(O)C(O)C3OC(=O)C=Cc3ccc(O)cc3)C12. The van der Waals surface area contributed by atoms with E-state index in [4.69, 9.17) is 18.9 Å². The highest BCUT2D eigenvalue weighted by Crippen LogP contribution is 2.49. The average Bonchev–Trinajstić information content (AvgIpc) is 3.18. The molecule has 1 aromatic carbocycles. The fraction of sp³-hybridized carbons (Fsp3) is 0.520. The number of aldehydes is 1. The third-order valence-electron chi connectivity index (χ3n) is 7.04. The molecular formula is C25H30O11. The first-order valence-corrected chi connectivity index (χ1v) is 11.7. The highest BCUT2D eigenvalue weighted by atomic mass is 16.8. The molecule has 196 valence electrons. The lowest BCUT2D eigenvalue weighted by molar-refractivity contribution is -0.347. The number of hydrogen-bond donors (Lipinski definition) is 5. The zero-order valence-electron chi connectivity index (χ0n) is 19.5. The lowest BCUT2D eigenvalue weighted by atomic mass is 9.80. The van der Waals surface area contributed by atoms with Gasteiger partial charge in [-0.15, -0.1) is 0 Å². The molecule has 9 atom stereocenters. The normalized spacial score (nSPS) is 38.2. The van der Waals surface area contributed by atoms with E-state index >= 15 is 0 Å². The Bertz CT molecular complexity index is 1010. The lowest BCUT2D eigenvalue weighted by Gasteiger charge is -2.45. The lowest BCUT2D eigenvalue weighted by Crippen LogP contribution is -2.62. The number of rotatable bonds is 7. The second-order valence-electron chi connectivity index (χ2n) is 9.33. The Kier molecular flexibility index (Phi) is 7.79. The van der Waals surface area contributed by atoms with Gasteiger partial charge in [0.05, 0.1) is 24.4 Å². The van der Waals surface area contributed by atoms with Crippen molar-refractivity contribution < 1.29 is 54.1 Å². The van der Waals surface area contributed by atoms with Crippen LogP contribution in [0.3, 0.4) is 0 Å². The van der Waals surface area contributed by atoms with Crippen molar-refractivity contribution in [2.24, 2.45) is 11.8 Å².